The van der Waals surface area contributed by atoms with Crippen LogP contribution in [0.1, 0.15) is 53.3 Å². The molecule has 0 aliphatic rings. The second-order valence-corrected chi connectivity index (χ2v) is 6.46. The van der Waals surface area contributed by atoms with Gasteiger partial charge in [-0.1, -0.05) is 41.5 Å². The molecule has 0 amide bonds. The predicted molar refractivity (Wildman–Crippen MR) is 85.8 cm³/mol. The van der Waals surface area contributed by atoms with E-state index in [0.717, 1.165) is 24.7 Å². The molecule has 0 spiro atoms. The van der Waals surface area contributed by atoms with Crippen molar-refractivity contribution in [2.24, 2.45) is 17.7 Å². The number of nitrogens with zero attached hydrogens (tertiary/aromatic N) is 3. The van der Waals surface area contributed by atoms with Crippen LogP contribution >= 0.6 is 0 Å². The highest BCUT2D eigenvalue weighted by atomic mass is 15.3. The highest BCUT2D eigenvalue weighted by Gasteiger charge is 2.15. The second kappa shape index (κ2) is 7.43. The van der Waals surface area contributed by atoms with Gasteiger partial charge in [0.25, 0.3) is 0 Å². The molecule has 0 unspecified atom stereocenters. The third kappa shape index (κ3) is 4.96. The van der Waals surface area contributed by atoms with Gasteiger partial charge in [-0.05, 0) is 11.8 Å². The highest BCUT2D eigenvalue weighted by Crippen LogP contribution is 2.21. The van der Waals surface area contributed by atoms with Crippen LogP contribution in [-0.2, 0) is 0 Å². The fourth-order valence-electron chi connectivity index (χ4n) is 2.09. The summed E-state index contributed by atoms with van der Waals surface area (Å²) >= 11 is 0. The summed E-state index contributed by atoms with van der Waals surface area (Å²) in [6, 6.07) is 1.93. The van der Waals surface area contributed by atoms with Crippen LogP contribution in [0.25, 0.3) is 0 Å². The lowest BCUT2D eigenvalue weighted by molar-refractivity contribution is 0.547. The number of hydrogen-bond donors (Lipinski definition) is 2. The molecule has 1 aromatic heterocycles. The normalized spacial score (nSPS) is 11.5. The smallest absolute Gasteiger partial charge is 0.145 e. The molecule has 5 heteroatoms. The van der Waals surface area contributed by atoms with Gasteiger partial charge in [0.05, 0.1) is 0 Å². The number of rotatable bonds is 7. The molecule has 0 atom stereocenters. The summed E-state index contributed by atoms with van der Waals surface area (Å²) in [6.45, 7) is 15.0. The molecule has 0 radical (unpaired) electrons. The molecular weight excluding hydrogens is 250 g/mol. The third-order valence-electron chi connectivity index (χ3n) is 2.89. The number of nitrogen functional groups attached to an aromatic ring is 1. The van der Waals surface area contributed by atoms with Crippen molar-refractivity contribution in [3.8, 4) is 0 Å². The maximum Gasteiger partial charge on any atom is 0.145 e. The van der Waals surface area contributed by atoms with E-state index in [1.165, 1.54) is 0 Å². The predicted octanol–water partition coefficient (Wildman–Crippen LogP) is 3.00. The van der Waals surface area contributed by atoms with Crippen molar-refractivity contribution in [3.63, 3.8) is 0 Å². The molecule has 1 rings (SSSR count). The molecule has 0 saturated heterocycles. The molecule has 0 aliphatic heterocycles. The Hall–Kier alpha value is -1.36. The SMILES string of the molecule is CC(C)CN(CC(C)C)c1cc(NN)nc(C(C)C)n1. The number of hydrogen-bond acceptors (Lipinski definition) is 5. The molecule has 0 aliphatic carbocycles. The van der Waals surface area contributed by atoms with Gasteiger partial charge in [-0.2, -0.15) is 0 Å². The van der Waals surface area contributed by atoms with Crippen molar-refractivity contribution >= 4 is 11.6 Å². The molecule has 0 saturated carbocycles. The summed E-state index contributed by atoms with van der Waals surface area (Å²) in [7, 11) is 0. The maximum atomic E-state index is 5.53. The lowest BCUT2D eigenvalue weighted by atomic mass is 10.1. The molecule has 1 heterocycles. The van der Waals surface area contributed by atoms with Gasteiger partial charge in [0, 0.05) is 25.1 Å². The number of hydrazine groups is 1. The Morgan fingerprint density at radius 2 is 1.60 bits per heavy atom. The van der Waals surface area contributed by atoms with E-state index in [-0.39, 0.29) is 5.92 Å². The zero-order valence-corrected chi connectivity index (χ0v) is 13.6. The largest absolute Gasteiger partial charge is 0.356 e. The van der Waals surface area contributed by atoms with Crippen molar-refractivity contribution in [2.45, 2.75) is 47.5 Å². The molecular formula is C15H29N5. The first-order chi connectivity index (χ1) is 9.33. The van der Waals surface area contributed by atoms with Crippen LogP contribution in [-0.4, -0.2) is 23.1 Å². The van der Waals surface area contributed by atoms with Crippen molar-refractivity contribution in [1.82, 2.24) is 9.97 Å². The van der Waals surface area contributed by atoms with Crippen LogP contribution < -0.4 is 16.2 Å². The Balaban J connectivity index is 3.13. The first kappa shape index (κ1) is 16.7. The second-order valence-electron chi connectivity index (χ2n) is 6.46. The maximum absolute atomic E-state index is 5.53. The lowest BCUT2D eigenvalue weighted by Crippen LogP contribution is -2.32. The lowest BCUT2D eigenvalue weighted by Gasteiger charge is -2.28. The third-order valence-corrected chi connectivity index (χ3v) is 2.89. The van der Waals surface area contributed by atoms with Gasteiger partial charge in [-0.25, -0.2) is 15.8 Å². The first-order valence-corrected chi connectivity index (χ1v) is 7.44. The monoisotopic (exact) mass is 279 g/mol. The minimum absolute atomic E-state index is 0.280. The van der Waals surface area contributed by atoms with Crippen LogP contribution in [0.4, 0.5) is 11.6 Å². The van der Waals surface area contributed by atoms with E-state index < -0.39 is 0 Å². The Labute approximate surface area is 123 Å². The van der Waals surface area contributed by atoms with Gasteiger partial charge in [-0.3, -0.25) is 0 Å². The van der Waals surface area contributed by atoms with Crippen molar-refractivity contribution < 1.29 is 0 Å². The average Bonchev–Trinajstić information content (AvgIpc) is 2.36. The van der Waals surface area contributed by atoms with Crippen LogP contribution in [0.2, 0.25) is 0 Å². The van der Waals surface area contributed by atoms with E-state index in [2.05, 4.69) is 56.9 Å². The summed E-state index contributed by atoms with van der Waals surface area (Å²) in [6.07, 6.45) is 0. The number of aromatic nitrogens is 2. The average molecular weight is 279 g/mol. The fourth-order valence-corrected chi connectivity index (χ4v) is 2.09. The van der Waals surface area contributed by atoms with Gasteiger partial charge >= 0.3 is 0 Å². The summed E-state index contributed by atoms with van der Waals surface area (Å²) in [4.78, 5) is 11.4. The molecule has 5 nitrogen and oxygen atoms in total. The Morgan fingerprint density at radius 1 is 1.05 bits per heavy atom. The summed E-state index contributed by atoms with van der Waals surface area (Å²) in [5, 5.41) is 0. The zero-order valence-electron chi connectivity index (χ0n) is 13.6. The molecule has 114 valence electrons. The molecule has 20 heavy (non-hydrogen) atoms. The van der Waals surface area contributed by atoms with Gasteiger partial charge in [0.15, 0.2) is 0 Å². The Kier molecular flexibility index (Phi) is 6.20. The minimum Gasteiger partial charge on any atom is -0.356 e. The number of nitrogens with two attached hydrogens (primary N) is 1. The van der Waals surface area contributed by atoms with Crippen LogP contribution in [0.5, 0.6) is 0 Å². The van der Waals surface area contributed by atoms with Gasteiger partial charge in [0.2, 0.25) is 0 Å². The first-order valence-electron chi connectivity index (χ1n) is 7.44. The molecule has 1 aromatic rings. The number of nitrogens with one attached hydrogen (secondary N) is 1. The van der Waals surface area contributed by atoms with Gasteiger partial charge in [0.1, 0.15) is 17.5 Å². The Bertz CT molecular complexity index is 405. The van der Waals surface area contributed by atoms with E-state index >= 15 is 0 Å². The summed E-state index contributed by atoms with van der Waals surface area (Å²) < 4.78 is 0. The standard InChI is InChI=1S/C15H29N5/c1-10(2)8-20(9-11(3)4)14-7-13(19-16)17-15(18-14)12(5)6/h7,10-12H,8-9,16H2,1-6H3,(H,17,18,19). The van der Waals surface area contributed by atoms with Crippen LogP contribution in [0, 0.1) is 11.8 Å². The topological polar surface area (TPSA) is 67.1 Å². The van der Waals surface area contributed by atoms with Crippen molar-refractivity contribution in [3.05, 3.63) is 11.9 Å². The van der Waals surface area contributed by atoms with Crippen LogP contribution in [0.15, 0.2) is 6.07 Å². The van der Waals surface area contributed by atoms with E-state index in [1.807, 2.05) is 6.07 Å². The summed E-state index contributed by atoms with van der Waals surface area (Å²) in [5.41, 5.74) is 2.65. The van der Waals surface area contributed by atoms with E-state index in [4.69, 9.17) is 10.8 Å². The zero-order chi connectivity index (χ0) is 15.3. The van der Waals surface area contributed by atoms with E-state index in [0.29, 0.717) is 17.7 Å². The molecule has 0 bridgehead atoms. The van der Waals surface area contributed by atoms with Crippen LogP contribution in [0.3, 0.4) is 0 Å². The van der Waals surface area contributed by atoms with Gasteiger partial charge < -0.3 is 10.3 Å². The summed E-state index contributed by atoms with van der Waals surface area (Å²) in [5.74, 6) is 9.44. The fraction of sp³-hybridized carbons (Fsp3) is 0.733. The van der Waals surface area contributed by atoms with Crippen molar-refractivity contribution in [1.29, 1.82) is 0 Å². The van der Waals surface area contributed by atoms with Gasteiger partial charge in [-0.15, -0.1) is 0 Å². The van der Waals surface area contributed by atoms with E-state index in [1.54, 1.807) is 0 Å². The Morgan fingerprint density at radius 3 is 2.00 bits per heavy atom. The number of anilines is 2. The highest BCUT2D eigenvalue weighted by molar-refractivity contribution is 5.49. The molecule has 0 aromatic carbocycles. The minimum atomic E-state index is 0.280. The van der Waals surface area contributed by atoms with Crippen molar-refractivity contribution in [2.75, 3.05) is 23.4 Å². The molecule has 3 N–H and O–H groups in total. The quantitative estimate of drug-likeness (QED) is 0.593. The molecule has 0 fully saturated rings. The van der Waals surface area contributed by atoms with E-state index in [9.17, 15) is 0 Å².